The summed E-state index contributed by atoms with van der Waals surface area (Å²) in [5, 5.41) is 10.9. The molecule has 7 heteroatoms. The van der Waals surface area contributed by atoms with Gasteiger partial charge >= 0.3 is 5.97 Å². The van der Waals surface area contributed by atoms with Crippen molar-refractivity contribution in [3.8, 4) is 0 Å². The number of hydrogen-bond acceptors (Lipinski definition) is 3. The molecular formula is C13H9ClF2N2O2. The number of hydrogen-bond donors (Lipinski definition) is 2. The molecule has 0 spiro atoms. The van der Waals surface area contributed by atoms with E-state index in [9.17, 15) is 13.6 Å². The Hall–Kier alpha value is -2.21. The quantitative estimate of drug-likeness (QED) is 0.847. The topological polar surface area (TPSA) is 62.2 Å². The molecule has 0 amide bonds. The number of benzene rings is 1. The highest BCUT2D eigenvalue weighted by Gasteiger charge is 2.19. The highest BCUT2D eigenvalue weighted by atomic mass is 35.5. The molecule has 0 aliphatic rings. The summed E-state index contributed by atoms with van der Waals surface area (Å²) in [6, 6.07) is 4.22. The van der Waals surface area contributed by atoms with Crippen molar-refractivity contribution < 1.29 is 18.7 Å². The largest absolute Gasteiger partial charge is 0.478 e. The Morgan fingerprint density at radius 1 is 1.40 bits per heavy atom. The van der Waals surface area contributed by atoms with Gasteiger partial charge in [-0.25, -0.2) is 18.6 Å². The number of rotatable bonds is 3. The van der Waals surface area contributed by atoms with Gasteiger partial charge in [0.25, 0.3) is 0 Å². The number of nitrogens with zero attached hydrogens (tertiary/aromatic N) is 1. The van der Waals surface area contributed by atoms with E-state index in [1.165, 1.54) is 12.1 Å². The molecule has 1 aromatic carbocycles. The average Bonchev–Trinajstić information content (AvgIpc) is 2.37. The molecule has 2 N–H and O–H groups in total. The summed E-state index contributed by atoms with van der Waals surface area (Å²) >= 11 is 5.51. The van der Waals surface area contributed by atoms with Crippen LogP contribution < -0.4 is 5.32 Å². The van der Waals surface area contributed by atoms with Crippen LogP contribution in [0, 0.1) is 18.6 Å². The molecule has 104 valence electrons. The third kappa shape index (κ3) is 2.70. The zero-order chi connectivity index (χ0) is 14.9. The molecule has 2 rings (SSSR count). The van der Waals surface area contributed by atoms with Crippen LogP contribution in [0.2, 0.25) is 5.15 Å². The van der Waals surface area contributed by atoms with E-state index in [-0.39, 0.29) is 5.69 Å². The molecule has 0 saturated heterocycles. The second-order valence-corrected chi connectivity index (χ2v) is 4.42. The lowest BCUT2D eigenvalue weighted by atomic mass is 10.2. The summed E-state index contributed by atoms with van der Waals surface area (Å²) in [7, 11) is 0. The zero-order valence-electron chi connectivity index (χ0n) is 10.2. The molecule has 0 aliphatic carbocycles. The Bertz CT molecular complexity index is 692. The first-order valence-corrected chi connectivity index (χ1v) is 5.88. The van der Waals surface area contributed by atoms with Crippen LogP contribution in [0.4, 0.5) is 20.2 Å². The van der Waals surface area contributed by atoms with Crippen molar-refractivity contribution in [2.75, 3.05) is 5.32 Å². The number of carbonyl (C=O) groups is 1. The van der Waals surface area contributed by atoms with Crippen molar-refractivity contribution in [3.05, 3.63) is 52.3 Å². The zero-order valence-corrected chi connectivity index (χ0v) is 11.0. The maximum absolute atomic E-state index is 13.9. The van der Waals surface area contributed by atoms with Gasteiger partial charge in [-0.3, -0.25) is 0 Å². The molecule has 0 fully saturated rings. The maximum Gasteiger partial charge on any atom is 0.339 e. The normalized spacial score (nSPS) is 10.4. The molecule has 0 unspecified atom stereocenters. The fourth-order valence-electron chi connectivity index (χ4n) is 1.60. The number of carboxylic acids is 1. The number of nitrogens with one attached hydrogen (secondary N) is 1. The van der Waals surface area contributed by atoms with Gasteiger partial charge in [0.15, 0.2) is 11.0 Å². The van der Waals surface area contributed by atoms with Gasteiger partial charge in [0, 0.05) is 6.20 Å². The second kappa shape index (κ2) is 5.42. The lowest BCUT2D eigenvalue weighted by Crippen LogP contribution is -2.07. The van der Waals surface area contributed by atoms with Crippen LogP contribution in [0.1, 0.15) is 15.9 Å². The Labute approximate surface area is 118 Å². The lowest BCUT2D eigenvalue weighted by Gasteiger charge is -2.12. The van der Waals surface area contributed by atoms with E-state index in [0.29, 0.717) is 5.56 Å². The summed E-state index contributed by atoms with van der Waals surface area (Å²) in [6.45, 7) is 1.69. The van der Waals surface area contributed by atoms with Gasteiger partial charge in [0.2, 0.25) is 0 Å². The lowest BCUT2D eigenvalue weighted by molar-refractivity contribution is 0.0697. The summed E-state index contributed by atoms with van der Waals surface area (Å²) in [4.78, 5) is 14.4. The number of aromatic nitrogens is 1. The number of carboxylic acid groups (broad SMARTS) is 1. The molecule has 0 saturated carbocycles. The predicted octanol–water partition coefficient (Wildman–Crippen LogP) is 3.76. The van der Waals surface area contributed by atoms with Crippen LogP contribution in [0.25, 0.3) is 0 Å². The SMILES string of the molecule is Cc1ccc(Nc2c(C(=O)O)cnc(Cl)c2F)c(F)c1. The van der Waals surface area contributed by atoms with Gasteiger partial charge in [0.1, 0.15) is 11.4 Å². The summed E-state index contributed by atoms with van der Waals surface area (Å²) in [6.07, 6.45) is 0.905. The second-order valence-electron chi connectivity index (χ2n) is 4.07. The third-order valence-electron chi connectivity index (χ3n) is 2.59. The van der Waals surface area contributed by atoms with Crippen LogP contribution in [0.3, 0.4) is 0 Å². The van der Waals surface area contributed by atoms with Crippen molar-refractivity contribution in [2.45, 2.75) is 6.92 Å². The first-order chi connectivity index (χ1) is 9.40. The molecular weight excluding hydrogens is 290 g/mol. The fourth-order valence-corrected chi connectivity index (χ4v) is 1.75. The maximum atomic E-state index is 13.9. The highest BCUT2D eigenvalue weighted by molar-refractivity contribution is 6.30. The average molecular weight is 299 g/mol. The first kappa shape index (κ1) is 14.2. The van der Waals surface area contributed by atoms with Crippen LogP contribution in [0.15, 0.2) is 24.4 Å². The molecule has 20 heavy (non-hydrogen) atoms. The van der Waals surface area contributed by atoms with E-state index in [1.54, 1.807) is 13.0 Å². The monoisotopic (exact) mass is 298 g/mol. The number of halogens is 3. The smallest absolute Gasteiger partial charge is 0.339 e. The van der Waals surface area contributed by atoms with E-state index < -0.39 is 34.0 Å². The van der Waals surface area contributed by atoms with Crippen LogP contribution in [0.5, 0.6) is 0 Å². The van der Waals surface area contributed by atoms with E-state index in [2.05, 4.69) is 10.3 Å². The minimum absolute atomic E-state index is 0.0562. The number of anilines is 2. The van der Waals surface area contributed by atoms with E-state index >= 15 is 0 Å². The molecule has 0 aliphatic heterocycles. The van der Waals surface area contributed by atoms with Gasteiger partial charge in [0.05, 0.1) is 11.4 Å². The number of aryl methyl sites for hydroxylation is 1. The first-order valence-electron chi connectivity index (χ1n) is 5.50. The van der Waals surface area contributed by atoms with Crippen molar-refractivity contribution in [1.82, 2.24) is 4.98 Å². The van der Waals surface area contributed by atoms with Crippen LogP contribution >= 0.6 is 11.6 Å². The van der Waals surface area contributed by atoms with Gasteiger partial charge in [-0.1, -0.05) is 17.7 Å². The molecule has 1 aromatic heterocycles. The fraction of sp³-hybridized carbons (Fsp3) is 0.0769. The molecule has 0 bridgehead atoms. The van der Waals surface area contributed by atoms with Gasteiger partial charge in [-0.05, 0) is 24.6 Å². The highest BCUT2D eigenvalue weighted by Crippen LogP contribution is 2.29. The summed E-state index contributed by atoms with van der Waals surface area (Å²) in [5.74, 6) is -3.08. The standard InChI is InChI=1S/C13H9ClF2N2O2/c1-6-2-3-9(8(15)4-6)18-11-7(13(19)20)5-17-12(14)10(11)16/h2-5H,1H3,(H,17,18)(H,19,20). The molecule has 2 aromatic rings. The van der Waals surface area contributed by atoms with Gasteiger partial charge in [-0.15, -0.1) is 0 Å². The van der Waals surface area contributed by atoms with Crippen LogP contribution in [-0.2, 0) is 0 Å². The van der Waals surface area contributed by atoms with E-state index in [0.717, 1.165) is 6.20 Å². The van der Waals surface area contributed by atoms with E-state index in [1.807, 2.05) is 0 Å². The van der Waals surface area contributed by atoms with E-state index in [4.69, 9.17) is 16.7 Å². The third-order valence-corrected chi connectivity index (χ3v) is 2.86. The summed E-state index contributed by atoms with van der Waals surface area (Å²) < 4.78 is 27.6. The van der Waals surface area contributed by atoms with Crippen molar-refractivity contribution in [3.63, 3.8) is 0 Å². The molecule has 0 radical (unpaired) electrons. The van der Waals surface area contributed by atoms with Crippen LogP contribution in [-0.4, -0.2) is 16.1 Å². The summed E-state index contributed by atoms with van der Waals surface area (Å²) in [5.41, 5.74) is -0.244. The van der Waals surface area contributed by atoms with Gasteiger partial charge < -0.3 is 10.4 Å². The minimum atomic E-state index is -1.40. The Morgan fingerprint density at radius 3 is 2.70 bits per heavy atom. The number of pyridine rings is 1. The Morgan fingerprint density at radius 2 is 2.10 bits per heavy atom. The number of aromatic carboxylic acids is 1. The predicted molar refractivity (Wildman–Crippen MR) is 70.6 cm³/mol. The Balaban J connectivity index is 2.52. The van der Waals surface area contributed by atoms with Crippen molar-refractivity contribution in [2.24, 2.45) is 0 Å². The van der Waals surface area contributed by atoms with Crippen molar-refractivity contribution in [1.29, 1.82) is 0 Å². The minimum Gasteiger partial charge on any atom is -0.478 e. The molecule has 0 atom stereocenters. The molecule has 1 heterocycles. The van der Waals surface area contributed by atoms with Gasteiger partial charge in [-0.2, -0.15) is 0 Å². The molecule has 4 nitrogen and oxygen atoms in total. The van der Waals surface area contributed by atoms with Crippen molar-refractivity contribution >= 4 is 28.9 Å². The Kier molecular flexibility index (Phi) is 3.85.